The van der Waals surface area contributed by atoms with Gasteiger partial charge in [0.25, 0.3) is 0 Å². The van der Waals surface area contributed by atoms with Crippen LogP contribution in [0.15, 0.2) is 36.4 Å². The van der Waals surface area contributed by atoms with E-state index in [1.165, 1.54) is 0 Å². The van der Waals surface area contributed by atoms with Crippen molar-refractivity contribution in [3.05, 3.63) is 63.1 Å². The molecule has 0 aromatic heterocycles. The van der Waals surface area contributed by atoms with Gasteiger partial charge >= 0.3 is 0 Å². The molecule has 0 heterocycles. The maximum absolute atomic E-state index is 6.12. The van der Waals surface area contributed by atoms with E-state index in [4.69, 9.17) is 33.8 Å². The minimum absolute atomic E-state index is 0.249. The van der Waals surface area contributed by atoms with Gasteiger partial charge in [-0.15, -0.1) is 0 Å². The first-order chi connectivity index (χ1) is 9.55. The van der Waals surface area contributed by atoms with Crippen LogP contribution in [0.25, 0.3) is 0 Å². The van der Waals surface area contributed by atoms with E-state index in [-0.39, 0.29) is 6.04 Å². The topological polar surface area (TPSA) is 47.3 Å². The van der Waals surface area contributed by atoms with Crippen molar-refractivity contribution in [1.29, 1.82) is 0 Å². The molecule has 0 bridgehead atoms. The van der Waals surface area contributed by atoms with Gasteiger partial charge in [-0.25, -0.2) is 5.43 Å². The van der Waals surface area contributed by atoms with Crippen LogP contribution in [0.3, 0.4) is 0 Å². The lowest BCUT2D eigenvalue weighted by Gasteiger charge is -2.20. The highest BCUT2D eigenvalue weighted by molar-refractivity contribution is 6.31. The Hall–Kier alpha value is -1.26. The Balaban J connectivity index is 2.54. The van der Waals surface area contributed by atoms with Crippen molar-refractivity contribution in [1.82, 2.24) is 5.43 Å². The fourth-order valence-electron chi connectivity index (χ4n) is 2.23. The summed E-state index contributed by atoms with van der Waals surface area (Å²) in [5.74, 6) is 6.44. The molecule has 3 N–H and O–H groups in total. The van der Waals surface area contributed by atoms with Crippen molar-refractivity contribution in [3.63, 3.8) is 0 Å². The third-order valence-corrected chi connectivity index (χ3v) is 3.52. The lowest BCUT2D eigenvalue weighted by molar-refractivity contribution is 0.404. The largest absolute Gasteiger partial charge is 0.496 e. The first-order valence-electron chi connectivity index (χ1n) is 6.12. The molecule has 0 aliphatic heterocycles. The van der Waals surface area contributed by atoms with Gasteiger partial charge in [-0.1, -0.05) is 29.3 Å². The first-order valence-corrected chi connectivity index (χ1v) is 6.87. The Labute approximate surface area is 128 Å². The van der Waals surface area contributed by atoms with E-state index in [9.17, 15) is 0 Å². The van der Waals surface area contributed by atoms with Crippen molar-refractivity contribution in [2.45, 2.75) is 13.0 Å². The molecule has 3 nitrogen and oxygen atoms in total. The zero-order valence-electron chi connectivity index (χ0n) is 11.3. The van der Waals surface area contributed by atoms with Gasteiger partial charge in [0, 0.05) is 15.6 Å². The van der Waals surface area contributed by atoms with E-state index in [1.54, 1.807) is 13.2 Å². The van der Waals surface area contributed by atoms with Crippen LogP contribution in [-0.4, -0.2) is 7.11 Å². The van der Waals surface area contributed by atoms with E-state index in [0.29, 0.717) is 10.0 Å². The van der Waals surface area contributed by atoms with Crippen LogP contribution in [0.2, 0.25) is 10.0 Å². The van der Waals surface area contributed by atoms with Gasteiger partial charge in [0.1, 0.15) is 5.75 Å². The average molecular weight is 311 g/mol. The Bertz CT molecular complexity index is 597. The highest BCUT2D eigenvalue weighted by Crippen LogP contribution is 2.33. The Morgan fingerprint density at radius 3 is 2.45 bits per heavy atom. The van der Waals surface area contributed by atoms with Crippen LogP contribution in [0.1, 0.15) is 22.7 Å². The third kappa shape index (κ3) is 3.25. The summed E-state index contributed by atoms with van der Waals surface area (Å²) in [6.45, 7) is 1.98. The van der Waals surface area contributed by atoms with Crippen molar-refractivity contribution in [3.8, 4) is 5.75 Å². The Morgan fingerprint density at radius 1 is 1.10 bits per heavy atom. The number of nitrogens with one attached hydrogen (secondary N) is 1. The molecule has 2 aromatic carbocycles. The number of benzene rings is 2. The molecule has 2 aromatic rings. The van der Waals surface area contributed by atoms with Crippen LogP contribution in [0.5, 0.6) is 5.75 Å². The quantitative estimate of drug-likeness (QED) is 0.666. The summed E-state index contributed by atoms with van der Waals surface area (Å²) in [5.41, 5.74) is 5.68. The van der Waals surface area contributed by atoms with Crippen LogP contribution in [0.4, 0.5) is 0 Å². The first kappa shape index (κ1) is 15.1. The molecular formula is C15H16Cl2N2O. The standard InChI is InChI=1S/C15H16Cl2N2O/c1-9-5-10(7-12(17)6-9)15(19-18)13-8-11(16)3-4-14(13)20-2/h3-8,15,19H,18H2,1-2H3. The molecule has 20 heavy (non-hydrogen) atoms. The van der Waals surface area contributed by atoms with Gasteiger partial charge in [0.05, 0.1) is 13.2 Å². The van der Waals surface area contributed by atoms with E-state index >= 15 is 0 Å². The molecule has 0 saturated carbocycles. The SMILES string of the molecule is COc1ccc(Cl)cc1C(NN)c1cc(C)cc(Cl)c1. The molecule has 2 rings (SSSR count). The van der Waals surface area contributed by atoms with Gasteiger partial charge in [-0.3, -0.25) is 5.84 Å². The fraction of sp³-hybridized carbons (Fsp3) is 0.200. The zero-order valence-corrected chi connectivity index (χ0v) is 12.8. The molecule has 0 fully saturated rings. The molecule has 0 spiro atoms. The second-order valence-electron chi connectivity index (χ2n) is 4.55. The monoisotopic (exact) mass is 310 g/mol. The number of aryl methyl sites for hydroxylation is 1. The molecule has 0 saturated heterocycles. The summed E-state index contributed by atoms with van der Waals surface area (Å²) in [5, 5.41) is 1.29. The van der Waals surface area contributed by atoms with Crippen molar-refractivity contribution in [2.75, 3.05) is 7.11 Å². The number of rotatable bonds is 4. The normalized spacial score (nSPS) is 12.2. The fourth-order valence-corrected chi connectivity index (χ4v) is 2.71. The van der Waals surface area contributed by atoms with E-state index in [1.807, 2.05) is 37.3 Å². The van der Waals surface area contributed by atoms with Gasteiger partial charge in [0.15, 0.2) is 0 Å². The van der Waals surface area contributed by atoms with Crippen molar-refractivity contribution >= 4 is 23.2 Å². The van der Waals surface area contributed by atoms with E-state index in [2.05, 4.69) is 5.43 Å². The number of nitrogens with two attached hydrogens (primary N) is 1. The average Bonchev–Trinajstić information content (AvgIpc) is 2.39. The minimum Gasteiger partial charge on any atom is -0.496 e. The van der Waals surface area contributed by atoms with Crippen LogP contribution >= 0.6 is 23.2 Å². The van der Waals surface area contributed by atoms with Gasteiger partial charge in [-0.05, 0) is 48.4 Å². The van der Waals surface area contributed by atoms with Crippen LogP contribution < -0.4 is 16.0 Å². The molecule has 5 heteroatoms. The summed E-state index contributed by atoms with van der Waals surface area (Å²) >= 11 is 12.2. The molecule has 0 aliphatic carbocycles. The van der Waals surface area contributed by atoms with Crippen LogP contribution in [-0.2, 0) is 0 Å². The number of hydrazine groups is 1. The number of methoxy groups -OCH3 is 1. The molecule has 1 unspecified atom stereocenters. The Morgan fingerprint density at radius 2 is 1.85 bits per heavy atom. The van der Waals surface area contributed by atoms with Gasteiger partial charge in [0.2, 0.25) is 0 Å². The minimum atomic E-state index is -0.249. The Kier molecular flexibility index (Phi) is 4.89. The smallest absolute Gasteiger partial charge is 0.124 e. The maximum atomic E-state index is 6.12. The van der Waals surface area contributed by atoms with E-state index < -0.39 is 0 Å². The van der Waals surface area contributed by atoms with Gasteiger partial charge < -0.3 is 4.74 Å². The zero-order chi connectivity index (χ0) is 14.7. The van der Waals surface area contributed by atoms with E-state index in [0.717, 1.165) is 22.4 Å². The number of ether oxygens (including phenoxy) is 1. The third-order valence-electron chi connectivity index (χ3n) is 3.07. The highest BCUT2D eigenvalue weighted by atomic mass is 35.5. The van der Waals surface area contributed by atoms with Crippen LogP contribution in [0, 0.1) is 6.92 Å². The lowest BCUT2D eigenvalue weighted by atomic mass is 9.97. The maximum Gasteiger partial charge on any atom is 0.124 e. The molecule has 0 amide bonds. The molecule has 0 aliphatic rings. The molecule has 106 valence electrons. The predicted molar refractivity (Wildman–Crippen MR) is 83.4 cm³/mol. The second kappa shape index (κ2) is 6.46. The number of hydrogen-bond donors (Lipinski definition) is 2. The summed E-state index contributed by atoms with van der Waals surface area (Å²) in [7, 11) is 1.61. The van der Waals surface area contributed by atoms with Crippen molar-refractivity contribution < 1.29 is 4.74 Å². The second-order valence-corrected chi connectivity index (χ2v) is 5.42. The lowest BCUT2D eigenvalue weighted by Crippen LogP contribution is -2.29. The summed E-state index contributed by atoms with van der Waals surface area (Å²) in [6, 6.07) is 11.0. The van der Waals surface area contributed by atoms with Crippen molar-refractivity contribution in [2.24, 2.45) is 5.84 Å². The number of hydrogen-bond acceptors (Lipinski definition) is 3. The molecular weight excluding hydrogens is 295 g/mol. The summed E-state index contributed by atoms with van der Waals surface area (Å²) in [4.78, 5) is 0. The summed E-state index contributed by atoms with van der Waals surface area (Å²) in [6.07, 6.45) is 0. The summed E-state index contributed by atoms with van der Waals surface area (Å²) < 4.78 is 5.38. The molecule has 1 atom stereocenters. The number of halogens is 2. The van der Waals surface area contributed by atoms with Gasteiger partial charge in [-0.2, -0.15) is 0 Å². The highest BCUT2D eigenvalue weighted by Gasteiger charge is 2.18. The predicted octanol–water partition coefficient (Wildman–Crippen LogP) is 3.86. The molecule has 0 radical (unpaired) electrons.